The molecule has 3 aromatic rings. The molecular formula is C26H31N3O6. The Kier molecular flexibility index (Phi) is 8.58. The molecule has 0 aliphatic carbocycles. The minimum absolute atomic E-state index is 0.253. The van der Waals surface area contributed by atoms with E-state index in [2.05, 4.69) is 10.2 Å². The number of benzene rings is 2. The van der Waals surface area contributed by atoms with Crippen LogP contribution in [0.3, 0.4) is 0 Å². The normalized spacial score (nSPS) is 13.6. The summed E-state index contributed by atoms with van der Waals surface area (Å²) in [5, 5.41) is 12.3. The van der Waals surface area contributed by atoms with Gasteiger partial charge in [-0.3, -0.25) is 19.7 Å². The summed E-state index contributed by atoms with van der Waals surface area (Å²) in [6.07, 6.45) is 4.02. The molecule has 2 aromatic carbocycles. The number of nitrogens with one attached hydrogen (secondary N) is 2. The number of likely N-dealkylation sites (tertiary alicyclic amines) is 1. The van der Waals surface area contributed by atoms with Gasteiger partial charge in [0.05, 0.1) is 6.61 Å². The van der Waals surface area contributed by atoms with Crippen molar-refractivity contribution in [2.24, 2.45) is 0 Å². The zero-order valence-corrected chi connectivity index (χ0v) is 19.6. The summed E-state index contributed by atoms with van der Waals surface area (Å²) in [6, 6.07) is 13.8. The molecule has 1 aliphatic rings. The van der Waals surface area contributed by atoms with Crippen molar-refractivity contribution in [3.63, 3.8) is 0 Å². The summed E-state index contributed by atoms with van der Waals surface area (Å²) < 4.78 is 17.2. The van der Waals surface area contributed by atoms with Crippen LogP contribution >= 0.6 is 0 Å². The number of hydrogen-bond donors (Lipinski definition) is 3. The number of hydroxylamine groups is 1. The second-order valence-corrected chi connectivity index (χ2v) is 8.48. The Hall–Kier alpha value is -3.56. The molecule has 3 N–H and O–H groups in total. The van der Waals surface area contributed by atoms with Crippen LogP contribution in [0.4, 0.5) is 0 Å². The highest BCUT2D eigenvalue weighted by Gasteiger charge is 2.14. The van der Waals surface area contributed by atoms with Gasteiger partial charge in [-0.15, -0.1) is 0 Å². The lowest BCUT2D eigenvalue weighted by Gasteiger charge is -2.14. The molecule has 1 fully saturated rings. The quantitative estimate of drug-likeness (QED) is 0.206. The number of fused-ring (bicyclic) bond motifs is 1. The molecule has 0 atom stereocenters. The number of ether oxygens (including phenoxy) is 2. The van der Waals surface area contributed by atoms with E-state index in [9.17, 15) is 9.59 Å². The lowest BCUT2D eigenvalue weighted by molar-refractivity contribution is 0.0706. The topological polar surface area (TPSA) is 113 Å². The van der Waals surface area contributed by atoms with Gasteiger partial charge in [0.1, 0.15) is 23.7 Å². The van der Waals surface area contributed by atoms with Crippen LogP contribution in [0.5, 0.6) is 11.5 Å². The van der Waals surface area contributed by atoms with Crippen LogP contribution in [-0.2, 0) is 0 Å². The van der Waals surface area contributed by atoms with E-state index in [0.29, 0.717) is 36.7 Å². The summed E-state index contributed by atoms with van der Waals surface area (Å²) in [5.41, 5.74) is 2.58. The number of furan rings is 1. The van der Waals surface area contributed by atoms with Crippen LogP contribution in [0.25, 0.3) is 11.0 Å². The lowest BCUT2D eigenvalue weighted by atomic mass is 10.2. The average Bonchev–Trinajstić information content (AvgIpc) is 3.55. The van der Waals surface area contributed by atoms with E-state index in [0.717, 1.165) is 43.6 Å². The van der Waals surface area contributed by atoms with Crippen LogP contribution in [-0.4, -0.2) is 61.3 Å². The third-order valence-corrected chi connectivity index (χ3v) is 5.93. The smallest absolute Gasteiger partial charge is 0.287 e. The second kappa shape index (κ2) is 12.2. The van der Waals surface area contributed by atoms with Crippen molar-refractivity contribution in [1.29, 1.82) is 0 Å². The molecule has 4 rings (SSSR count). The molecule has 0 bridgehead atoms. The number of unbranched alkanes of at least 4 members (excludes halogenated alkanes) is 1. The van der Waals surface area contributed by atoms with Crippen LogP contribution in [0.1, 0.15) is 46.6 Å². The molecule has 9 heteroatoms. The van der Waals surface area contributed by atoms with E-state index in [1.165, 1.54) is 12.8 Å². The first kappa shape index (κ1) is 24.6. The van der Waals surface area contributed by atoms with Gasteiger partial charge < -0.3 is 19.2 Å². The average molecular weight is 482 g/mol. The number of amides is 2. The maximum Gasteiger partial charge on any atom is 0.287 e. The fourth-order valence-electron chi connectivity index (χ4n) is 4.00. The zero-order chi connectivity index (χ0) is 24.5. The van der Waals surface area contributed by atoms with Gasteiger partial charge in [0, 0.05) is 24.0 Å². The van der Waals surface area contributed by atoms with Gasteiger partial charge in [0.15, 0.2) is 5.76 Å². The maximum absolute atomic E-state index is 12.5. The largest absolute Gasteiger partial charge is 0.494 e. The van der Waals surface area contributed by atoms with Crippen molar-refractivity contribution in [2.45, 2.75) is 25.7 Å². The molecule has 1 saturated heterocycles. The molecule has 186 valence electrons. The molecule has 1 aromatic heterocycles. The van der Waals surface area contributed by atoms with Gasteiger partial charge in [-0.1, -0.05) is 0 Å². The Balaban J connectivity index is 1.15. The van der Waals surface area contributed by atoms with Crippen molar-refractivity contribution < 1.29 is 28.7 Å². The predicted octanol–water partition coefficient (Wildman–Crippen LogP) is 3.62. The van der Waals surface area contributed by atoms with E-state index in [-0.39, 0.29) is 11.7 Å². The van der Waals surface area contributed by atoms with Gasteiger partial charge in [0.2, 0.25) is 0 Å². The fraction of sp³-hybridized carbons (Fsp3) is 0.385. The van der Waals surface area contributed by atoms with E-state index in [1.807, 2.05) is 18.2 Å². The number of nitrogens with zero attached hydrogens (tertiary/aromatic N) is 1. The highest BCUT2D eigenvalue weighted by atomic mass is 16.5. The fourth-order valence-corrected chi connectivity index (χ4v) is 4.00. The molecule has 2 heterocycles. The van der Waals surface area contributed by atoms with Gasteiger partial charge in [-0.25, -0.2) is 5.48 Å². The third-order valence-electron chi connectivity index (χ3n) is 5.93. The van der Waals surface area contributed by atoms with Gasteiger partial charge in [0.25, 0.3) is 11.8 Å². The standard InChI is InChI=1S/C26H31N3O6/c30-25(28-32)19-5-7-21(8-6-19)33-15-4-1-11-27-26(31)24-18-20-17-22(9-10-23(20)35-24)34-16-14-29-12-2-3-13-29/h5-10,17-18,32H,1-4,11-16H2,(H,27,31)(H,28,30). The first-order valence-electron chi connectivity index (χ1n) is 12.0. The van der Waals surface area contributed by atoms with Crippen molar-refractivity contribution in [3.05, 3.63) is 59.9 Å². The summed E-state index contributed by atoms with van der Waals surface area (Å²) in [5.74, 6) is 0.855. The van der Waals surface area contributed by atoms with E-state index < -0.39 is 5.91 Å². The predicted molar refractivity (Wildman–Crippen MR) is 130 cm³/mol. The molecule has 0 radical (unpaired) electrons. The van der Waals surface area contributed by atoms with Crippen LogP contribution in [0.15, 0.2) is 52.9 Å². The Bertz CT molecular complexity index is 1120. The molecule has 0 unspecified atom stereocenters. The molecule has 0 saturated carbocycles. The summed E-state index contributed by atoms with van der Waals surface area (Å²) in [6.45, 7) is 4.85. The Morgan fingerprint density at radius 2 is 1.66 bits per heavy atom. The molecular weight excluding hydrogens is 450 g/mol. The van der Waals surface area contributed by atoms with Gasteiger partial charge in [-0.05, 0) is 87.3 Å². The van der Waals surface area contributed by atoms with E-state index in [1.54, 1.807) is 35.8 Å². The van der Waals surface area contributed by atoms with E-state index >= 15 is 0 Å². The third kappa shape index (κ3) is 6.97. The molecule has 2 amide bonds. The second-order valence-electron chi connectivity index (χ2n) is 8.48. The highest BCUT2D eigenvalue weighted by molar-refractivity contribution is 5.96. The molecule has 9 nitrogen and oxygen atoms in total. The Morgan fingerprint density at radius 1 is 0.914 bits per heavy atom. The van der Waals surface area contributed by atoms with Crippen LogP contribution in [0.2, 0.25) is 0 Å². The lowest BCUT2D eigenvalue weighted by Crippen LogP contribution is -2.25. The van der Waals surface area contributed by atoms with Crippen LogP contribution < -0.4 is 20.3 Å². The number of carbonyl (C=O) groups excluding carboxylic acids is 2. The molecule has 1 aliphatic heterocycles. The number of carbonyl (C=O) groups is 2. The summed E-state index contributed by atoms with van der Waals surface area (Å²) in [4.78, 5) is 26.2. The van der Waals surface area contributed by atoms with Crippen molar-refractivity contribution in [2.75, 3.05) is 39.4 Å². The van der Waals surface area contributed by atoms with Crippen LogP contribution in [0, 0.1) is 0 Å². The Morgan fingerprint density at radius 3 is 2.43 bits per heavy atom. The highest BCUT2D eigenvalue weighted by Crippen LogP contribution is 2.24. The summed E-state index contributed by atoms with van der Waals surface area (Å²) >= 11 is 0. The summed E-state index contributed by atoms with van der Waals surface area (Å²) in [7, 11) is 0. The maximum atomic E-state index is 12.5. The molecule has 35 heavy (non-hydrogen) atoms. The van der Waals surface area contributed by atoms with Crippen molar-refractivity contribution in [3.8, 4) is 11.5 Å². The first-order chi connectivity index (χ1) is 17.1. The van der Waals surface area contributed by atoms with E-state index in [4.69, 9.17) is 19.1 Å². The Labute approximate surface area is 203 Å². The van der Waals surface area contributed by atoms with Crippen molar-refractivity contribution >= 4 is 22.8 Å². The zero-order valence-electron chi connectivity index (χ0n) is 19.6. The van der Waals surface area contributed by atoms with Gasteiger partial charge >= 0.3 is 0 Å². The molecule has 0 spiro atoms. The monoisotopic (exact) mass is 481 g/mol. The minimum atomic E-state index is -0.571. The minimum Gasteiger partial charge on any atom is -0.494 e. The van der Waals surface area contributed by atoms with Gasteiger partial charge in [-0.2, -0.15) is 0 Å². The SMILES string of the molecule is O=C(NO)c1ccc(OCCCCNC(=O)c2cc3cc(OCCN4CCCC4)ccc3o2)cc1. The first-order valence-corrected chi connectivity index (χ1v) is 12.0. The number of hydrogen-bond acceptors (Lipinski definition) is 7. The van der Waals surface area contributed by atoms with Crippen molar-refractivity contribution in [1.82, 2.24) is 15.7 Å². The number of rotatable bonds is 12.